The van der Waals surface area contributed by atoms with E-state index in [9.17, 15) is 4.79 Å². The van der Waals surface area contributed by atoms with Crippen LogP contribution in [0.3, 0.4) is 0 Å². The Morgan fingerprint density at radius 1 is 1.17 bits per heavy atom. The highest BCUT2D eigenvalue weighted by Crippen LogP contribution is 2.25. The molecule has 0 saturated heterocycles. The Balaban J connectivity index is 2.13. The number of anilines is 1. The summed E-state index contributed by atoms with van der Waals surface area (Å²) in [5.41, 5.74) is 2.70. The molecule has 0 aliphatic rings. The molecule has 0 aliphatic heterocycles. The normalized spacial score (nSPS) is 11.7. The van der Waals surface area contributed by atoms with E-state index in [-0.39, 0.29) is 5.56 Å². The van der Waals surface area contributed by atoms with E-state index < -0.39 is 0 Å². The summed E-state index contributed by atoms with van der Waals surface area (Å²) in [7, 11) is 3.98. The minimum Gasteiger partial charge on any atom is -0.377 e. The van der Waals surface area contributed by atoms with Crippen LogP contribution in [-0.2, 0) is 0 Å². The van der Waals surface area contributed by atoms with Crippen molar-refractivity contribution in [2.75, 3.05) is 19.0 Å². The number of para-hydroxylation sites is 1. The zero-order chi connectivity index (χ0) is 17.3. The Kier molecular flexibility index (Phi) is 4.44. The van der Waals surface area contributed by atoms with Gasteiger partial charge in [0.1, 0.15) is 0 Å². The van der Waals surface area contributed by atoms with Gasteiger partial charge < -0.3 is 4.90 Å². The van der Waals surface area contributed by atoms with Crippen LogP contribution >= 0.6 is 15.9 Å². The fourth-order valence-corrected chi connectivity index (χ4v) is 3.30. The van der Waals surface area contributed by atoms with E-state index in [1.54, 1.807) is 0 Å². The Morgan fingerprint density at radius 3 is 2.50 bits per heavy atom. The van der Waals surface area contributed by atoms with Crippen molar-refractivity contribution >= 4 is 34.3 Å². The number of benzene rings is 2. The molecule has 0 bridgehead atoms. The molecule has 24 heavy (non-hydrogen) atoms. The monoisotopic (exact) mass is 383 g/mol. The second kappa shape index (κ2) is 6.53. The van der Waals surface area contributed by atoms with Crippen LogP contribution in [0.15, 0.2) is 57.8 Å². The number of aromatic amines is 1. The lowest BCUT2D eigenvalue weighted by Gasteiger charge is -2.14. The summed E-state index contributed by atoms with van der Waals surface area (Å²) < 4.78 is 2.49. The zero-order valence-electron chi connectivity index (χ0n) is 13.6. The summed E-state index contributed by atoms with van der Waals surface area (Å²) in [5, 5.41) is 4.19. The fourth-order valence-electron chi connectivity index (χ4n) is 2.55. The van der Waals surface area contributed by atoms with E-state index in [2.05, 4.69) is 27.6 Å². The van der Waals surface area contributed by atoms with Gasteiger partial charge in [0.2, 0.25) is 0 Å². The highest BCUT2D eigenvalue weighted by Gasteiger charge is 2.06. The molecule has 5 heteroatoms. The average Bonchev–Trinajstić information content (AvgIpc) is 2.83. The van der Waals surface area contributed by atoms with E-state index in [0.29, 0.717) is 10.6 Å². The first kappa shape index (κ1) is 16.3. The lowest BCUT2D eigenvalue weighted by molar-refractivity contribution is 0.838. The summed E-state index contributed by atoms with van der Waals surface area (Å²) in [6.07, 6.45) is 1.85. The number of hydrogen-bond donors (Lipinski definition) is 1. The number of nitrogens with one attached hydrogen (secondary N) is 1. The maximum atomic E-state index is 12.7. The third-order valence-electron chi connectivity index (χ3n) is 3.78. The van der Waals surface area contributed by atoms with Gasteiger partial charge in [0.05, 0.1) is 21.9 Å². The van der Waals surface area contributed by atoms with Crippen LogP contribution in [-0.4, -0.2) is 23.9 Å². The van der Waals surface area contributed by atoms with Crippen molar-refractivity contribution in [1.82, 2.24) is 9.78 Å². The minimum absolute atomic E-state index is 0.112. The van der Waals surface area contributed by atoms with Crippen molar-refractivity contribution < 1.29 is 0 Å². The molecule has 3 aromatic rings. The molecule has 0 radical (unpaired) electrons. The van der Waals surface area contributed by atoms with Crippen molar-refractivity contribution in [3.8, 4) is 5.69 Å². The van der Waals surface area contributed by atoms with Gasteiger partial charge in [-0.3, -0.25) is 9.89 Å². The van der Waals surface area contributed by atoms with E-state index in [4.69, 9.17) is 0 Å². The highest BCUT2D eigenvalue weighted by molar-refractivity contribution is 9.10. The Labute approximate surface area is 148 Å². The predicted octanol–water partition coefficient (Wildman–Crippen LogP) is 2.23. The SMILES string of the molecule is C=c1[nH]n(-c2ccccc2)c(=O)/c1=C\c1ccc(N(C)C)c(Br)c1. The number of rotatable bonds is 3. The first-order valence-electron chi connectivity index (χ1n) is 7.51. The summed E-state index contributed by atoms with van der Waals surface area (Å²) >= 11 is 3.57. The van der Waals surface area contributed by atoms with Gasteiger partial charge in [-0.1, -0.05) is 30.8 Å². The topological polar surface area (TPSA) is 41.0 Å². The first-order valence-corrected chi connectivity index (χ1v) is 8.30. The smallest absolute Gasteiger partial charge is 0.279 e. The second-order valence-electron chi connectivity index (χ2n) is 5.73. The van der Waals surface area contributed by atoms with Crippen LogP contribution in [0.1, 0.15) is 5.56 Å². The molecular formula is C19H18BrN3O. The van der Waals surface area contributed by atoms with Crippen LogP contribution in [0.5, 0.6) is 0 Å². The third-order valence-corrected chi connectivity index (χ3v) is 4.42. The summed E-state index contributed by atoms with van der Waals surface area (Å²) in [6.45, 7) is 3.96. The number of hydrogen-bond acceptors (Lipinski definition) is 2. The van der Waals surface area contributed by atoms with Gasteiger partial charge in [0.15, 0.2) is 0 Å². The largest absolute Gasteiger partial charge is 0.377 e. The summed E-state index contributed by atoms with van der Waals surface area (Å²) in [4.78, 5) is 14.7. The predicted molar refractivity (Wildman–Crippen MR) is 103 cm³/mol. The molecule has 1 N–H and O–H groups in total. The molecule has 0 fully saturated rings. The molecule has 4 nitrogen and oxygen atoms in total. The highest BCUT2D eigenvalue weighted by atomic mass is 79.9. The molecule has 0 spiro atoms. The fraction of sp³-hybridized carbons (Fsp3) is 0.105. The standard InChI is InChI=1S/C19H18BrN3O/c1-13-16(11-14-9-10-18(22(2)3)17(20)12-14)19(24)23(21-13)15-7-5-4-6-8-15/h4-12,21H,1H2,2-3H3/b16-11-. The van der Waals surface area contributed by atoms with E-state index >= 15 is 0 Å². The summed E-state index contributed by atoms with van der Waals surface area (Å²) in [5.74, 6) is 0. The molecule has 1 aromatic heterocycles. The van der Waals surface area contributed by atoms with Crippen molar-refractivity contribution in [3.63, 3.8) is 0 Å². The quantitative estimate of drug-likeness (QED) is 0.753. The molecule has 0 atom stereocenters. The van der Waals surface area contributed by atoms with Gasteiger partial charge in [-0.15, -0.1) is 0 Å². The molecule has 1 heterocycles. The minimum atomic E-state index is -0.112. The third kappa shape index (κ3) is 3.08. The van der Waals surface area contributed by atoms with Crippen molar-refractivity contribution in [2.45, 2.75) is 0 Å². The second-order valence-corrected chi connectivity index (χ2v) is 6.58. The number of H-pyrrole nitrogens is 1. The van der Waals surface area contributed by atoms with Gasteiger partial charge >= 0.3 is 0 Å². The van der Waals surface area contributed by atoms with Gasteiger partial charge in [-0.05, 0) is 51.8 Å². The van der Waals surface area contributed by atoms with Gasteiger partial charge in [-0.25, -0.2) is 4.68 Å². The van der Waals surface area contributed by atoms with E-state index in [0.717, 1.165) is 21.4 Å². The molecule has 0 unspecified atom stereocenters. The van der Waals surface area contributed by atoms with E-state index in [1.165, 1.54) is 4.68 Å². The van der Waals surface area contributed by atoms with Crippen LogP contribution in [0.25, 0.3) is 18.3 Å². The van der Waals surface area contributed by atoms with Crippen LogP contribution in [0, 0.1) is 0 Å². The Morgan fingerprint density at radius 2 is 1.88 bits per heavy atom. The molecule has 0 saturated carbocycles. The number of aromatic nitrogens is 2. The number of nitrogens with zero attached hydrogens (tertiary/aromatic N) is 2. The van der Waals surface area contributed by atoms with Crippen LogP contribution in [0.2, 0.25) is 0 Å². The average molecular weight is 384 g/mol. The first-order chi connectivity index (χ1) is 11.5. The molecule has 0 aliphatic carbocycles. The van der Waals surface area contributed by atoms with Gasteiger partial charge in [0, 0.05) is 18.6 Å². The molecule has 0 amide bonds. The van der Waals surface area contributed by atoms with Crippen molar-refractivity contribution in [3.05, 3.63) is 79.5 Å². The summed E-state index contributed by atoms with van der Waals surface area (Å²) in [6, 6.07) is 15.5. The molecule has 2 aromatic carbocycles. The number of halogens is 1. The molecule has 3 rings (SSSR count). The van der Waals surface area contributed by atoms with Crippen LogP contribution in [0.4, 0.5) is 5.69 Å². The maximum absolute atomic E-state index is 12.7. The Hall–Kier alpha value is -2.53. The van der Waals surface area contributed by atoms with Gasteiger partial charge in [0.25, 0.3) is 5.56 Å². The van der Waals surface area contributed by atoms with Crippen molar-refractivity contribution in [2.24, 2.45) is 0 Å². The molecule has 122 valence electrons. The van der Waals surface area contributed by atoms with Crippen LogP contribution < -0.4 is 21.0 Å². The lowest BCUT2D eigenvalue weighted by atomic mass is 10.1. The zero-order valence-corrected chi connectivity index (χ0v) is 15.2. The maximum Gasteiger partial charge on any atom is 0.279 e. The van der Waals surface area contributed by atoms with E-state index in [1.807, 2.05) is 73.6 Å². The van der Waals surface area contributed by atoms with Crippen molar-refractivity contribution in [1.29, 1.82) is 0 Å². The lowest BCUT2D eigenvalue weighted by Crippen LogP contribution is -2.33. The Bertz CT molecular complexity index is 1030. The van der Waals surface area contributed by atoms with Gasteiger partial charge in [-0.2, -0.15) is 0 Å². The molecular weight excluding hydrogens is 366 g/mol.